The molecule has 21 heavy (non-hydrogen) atoms. The number of nitrogens with zero attached hydrogens (tertiary/aromatic N) is 3. The maximum absolute atomic E-state index is 12.6. The monoisotopic (exact) mass is 301 g/mol. The highest BCUT2D eigenvalue weighted by atomic mass is 19.4. The van der Waals surface area contributed by atoms with Gasteiger partial charge in [-0.25, -0.2) is 4.98 Å². The number of alkyl halides is 3. The summed E-state index contributed by atoms with van der Waals surface area (Å²) >= 11 is 0. The van der Waals surface area contributed by atoms with Crippen molar-refractivity contribution in [2.24, 2.45) is 5.92 Å². The summed E-state index contributed by atoms with van der Waals surface area (Å²) in [4.78, 5) is 8.36. The summed E-state index contributed by atoms with van der Waals surface area (Å²) in [7, 11) is 2.06. The summed E-state index contributed by atoms with van der Waals surface area (Å²) in [5.74, 6) is 0.949. The Balaban J connectivity index is 1.85. The summed E-state index contributed by atoms with van der Waals surface area (Å²) < 4.78 is 43.5. The molecular formula is C14H18F3N3O. The molecule has 7 heteroatoms. The van der Waals surface area contributed by atoms with Gasteiger partial charge in [0, 0.05) is 31.7 Å². The van der Waals surface area contributed by atoms with Gasteiger partial charge in [-0.15, -0.1) is 0 Å². The highest BCUT2D eigenvalue weighted by Crippen LogP contribution is 2.30. The molecule has 0 unspecified atom stereocenters. The van der Waals surface area contributed by atoms with Crippen LogP contribution < -0.4 is 4.90 Å². The van der Waals surface area contributed by atoms with E-state index in [2.05, 4.69) is 21.8 Å². The van der Waals surface area contributed by atoms with Gasteiger partial charge < -0.3 is 14.5 Å². The van der Waals surface area contributed by atoms with Gasteiger partial charge in [0.2, 0.25) is 0 Å². The number of ether oxygens (including phenoxy) is 1. The number of halogens is 3. The van der Waals surface area contributed by atoms with Crippen LogP contribution in [0.5, 0.6) is 0 Å². The Morgan fingerprint density at radius 2 is 2.00 bits per heavy atom. The zero-order chi connectivity index (χ0) is 15.0. The van der Waals surface area contributed by atoms with Gasteiger partial charge in [0.15, 0.2) is 0 Å². The number of aromatic nitrogens is 1. The molecule has 3 heterocycles. The molecule has 0 N–H and O–H groups in total. The first-order valence-electron chi connectivity index (χ1n) is 6.99. The van der Waals surface area contributed by atoms with Crippen molar-refractivity contribution >= 4 is 5.82 Å². The first-order valence-corrected chi connectivity index (χ1v) is 6.99. The van der Waals surface area contributed by atoms with Crippen molar-refractivity contribution in [1.29, 1.82) is 0 Å². The zero-order valence-electron chi connectivity index (χ0n) is 11.8. The minimum atomic E-state index is -4.34. The van der Waals surface area contributed by atoms with Crippen molar-refractivity contribution in [3.05, 3.63) is 23.9 Å². The van der Waals surface area contributed by atoms with E-state index in [1.807, 2.05) is 0 Å². The van der Waals surface area contributed by atoms with Crippen molar-refractivity contribution in [2.45, 2.75) is 12.2 Å². The van der Waals surface area contributed by atoms with E-state index in [-0.39, 0.29) is 6.04 Å². The van der Waals surface area contributed by atoms with E-state index >= 15 is 0 Å². The Morgan fingerprint density at radius 1 is 1.19 bits per heavy atom. The van der Waals surface area contributed by atoms with Crippen molar-refractivity contribution in [1.82, 2.24) is 9.88 Å². The molecule has 1 aromatic heterocycles. The summed E-state index contributed by atoms with van der Waals surface area (Å²) in [6.07, 6.45) is -3.43. The Bertz CT molecular complexity index is 491. The maximum Gasteiger partial charge on any atom is 0.417 e. The number of pyridine rings is 1. The average molecular weight is 301 g/mol. The molecule has 0 saturated carbocycles. The van der Waals surface area contributed by atoms with Gasteiger partial charge in [0.25, 0.3) is 0 Å². The first-order chi connectivity index (χ1) is 9.93. The van der Waals surface area contributed by atoms with Crippen LogP contribution in [0.3, 0.4) is 0 Å². The quantitative estimate of drug-likeness (QED) is 0.792. The third kappa shape index (κ3) is 3.13. The number of fused-ring (bicyclic) bond motifs is 3. The molecule has 2 atom stereocenters. The van der Waals surface area contributed by atoms with Crippen LogP contribution in [-0.4, -0.2) is 55.8 Å². The second-order valence-electron chi connectivity index (χ2n) is 5.83. The number of likely N-dealkylation sites (N-methyl/N-ethyl adjacent to an activating group) is 1. The van der Waals surface area contributed by atoms with Crippen LogP contribution in [0.4, 0.5) is 19.0 Å². The molecule has 4 nitrogen and oxygen atoms in total. The normalized spacial score (nSPS) is 27.5. The lowest BCUT2D eigenvalue weighted by Gasteiger charge is -2.30. The van der Waals surface area contributed by atoms with Crippen LogP contribution in [0.1, 0.15) is 5.56 Å². The first kappa shape index (κ1) is 14.6. The Kier molecular flexibility index (Phi) is 3.79. The van der Waals surface area contributed by atoms with Crippen molar-refractivity contribution in [3.63, 3.8) is 0 Å². The van der Waals surface area contributed by atoms with Gasteiger partial charge in [-0.1, -0.05) is 0 Å². The molecule has 0 amide bonds. The van der Waals surface area contributed by atoms with Crippen molar-refractivity contribution in [3.8, 4) is 0 Å². The SMILES string of the molecule is CN1C[C@@H]2COC[C@H](C1)N(c1ccc(C(F)(F)F)cn1)C2. The standard InChI is InChI=1S/C14H18F3N3O/c1-19-5-10-6-20(12(7-19)9-21-8-10)13-3-2-11(4-18-13)14(15,16)17/h2-4,10,12H,5-9H2,1H3/t10-,12-/m0/s1. The lowest BCUT2D eigenvalue weighted by Crippen LogP contribution is -2.43. The predicted octanol–water partition coefficient (Wildman–Crippen LogP) is 1.87. The molecule has 1 aromatic rings. The molecule has 0 aromatic carbocycles. The molecule has 2 fully saturated rings. The van der Waals surface area contributed by atoms with Crippen LogP contribution >= 0.6 is 0 Å². The van der Waals surface area contributed by atoms with E-state index < -0.39 is 11.7 Å². The lowest BCUT2D eigenvalue weighted by atomic mass is 10.1. The summed E-state index contributed by atoms with van der Waals surface area (Å²) in [5.41, 5.74) is -0.711. The third-order valence-corrected chi connectivity index (χ3v) is 4.02. The van der Waals surface area contributed by atoms with Gasteiger partial charge in [-0.2, -0.15) is 13.2 Å². The highest BCUT2D eigenvalue weighted by molar-refractivity contribution is 5.42. The van der Waals surface area contributed by atoms with Crippen molar-refractivity contribution in [2.75, 3.05) is 44.8 Å². The van der Waals surface area contributed by atoms with E-state index in [1.165, 1.54) is 6.07 Å². The molecule has 0 spiro atoms. The average Bonchev–Trinajstić information content (AvgIpc) is 2.68. The Hall–Kier alpha value is -1.34. The van der Waals surface area contributed by atoms with E-state index in [0.29, 0.717) is 24.9 Å². The summed E-state index contributed by atoms with van der Waals surface area (Å²) in [5, 5.41) is 0. The van der Waals surface area contributed by atoms with Gasteiger partial charge in [-0.3, -0.25) is 0 Å². The minimum Gasteiger partial charge on any atom is -0.379 e. The van der Waals surface area contributed by atoms with Gasteiger partial charge in [-0.05, 0) is 19.2 Å². The zero-order valence-corrected chi connectivity index (χ0v) is 11.8. The van der Waals surface area contributed by atoms with E-state index in [4.69, 9.17) is 4.74 Å². The van der Waals surface area contributed by atoms with Crippen LogP contribution in [0.2, 0.25) is 0 Å². The molecule has 2 aliphatic heterocycles. The fraction of sp³-hybridized carbons (Fsp3) is 0.643. The molecule has 0 aliphatic carbocycles. The topological polar surface area (TPSA) is 28.6 Å². The second kappa shape index (κ2) is 5.46. The smallest absolute Gasteiger partial charge is 0.379 e. The number of hydrogen-bond acceptors (Lipinski definition) is 4. The Labute approximate surface area is 121 Å². The molecular weight excluding hydrogens is 283 g/mol. The van der Waals surface area contributed by atoms with Gasteiger partial charge in [0.05, 0.1) is 24.8 Å². The van der Waals surface area contributed by atoms with Gasteiger partial charge >= 0.3 is 6.18 Å². The third-order valence-electron chi connectivity index (χ3n) is 4.02. The van der Waals surface area contributed by atoms with Crippen LogP contribution in [0.15, 0.2) is 18.3 Å². The largest absolute Gasteiger partial charge is 0.417 e. The second-order valence-corrected chi connectivity index (χ2v) is 5.83. The highest BCUT2D eigenvalue weighted by Gasteiger charge is 2.34. The van der Waals surface area contributed by atoms with E-state index in [9.17, 15) is 13.2 Å². The summed E-state index contributed by atoms with van der Waals surface area (Å²) in [6.45, 7) is 3.82. The van der Waals surface area contributed by atoms with E-state index in [1.54, 1.807) is 0 Å². The minimum absolute atomic E-state index is 0.131. The predicted molar refractivity (Wildman–Crippen MR) is 72.2 cm³/mol. The van der Waals surface area contributed by atoms with E-state index in [0.717, 1.165) is 31.9 Å². The molecule has 116 valence electrons. The molecule has 3 rings (SSSR count). The molecule has 2 bridgehead atoms. The maximum atomic E-state index is 12.6. The lowest BCUT2D eigenvalue weighted by molar-refractivity contribution is -0.137. The fourth-order valence-electron chi connectivity index (χ4n) is 3.08. The summed E-state index contributed by atoms with van der Waals surface area (Å²) in [6, 6.07) is 2.69. The van der Waals surface area contributed by atoms with Crippen molar-refractivity contribution < 1.29 is 17.9 Å². The number of hydrogen-bond donors (Lipinski definition) is 0. The number of rotatable bonds is 1. The van der Waals surface area contributed by atoms with Crippen LogP contribution in [0, 0.1) is 5.92 Å². The fourth-order valence-corrected chi connectivity index (χ4v) is 3.08. The van der Waals surface area contributed by atoms with Crippen LogP contribution in [0.25, 0.3) is 0 Å². The molecule has 2 saturated heterocycles. The molecule has 0 radical (unpaired) electrons. The van der Waals surface area contributed by atoms with Gasteiger partial charge in [0.1, 0.15) is 5.82 Å². The Morgan fingerprint density at radius 3 is 2.67 bits per heavy atom. The number of anilines is 1. The molecule has 2 aliphatic rings. The van der Waals surface area contributed by atoms with Crippen LogP contribution in [-0.2, 0) is 10.9 Å².